The molecule has 2 nitrogen and oxygen atoms in total. The van der Waals surface area contributed by atoms with Crippen molar-refractivity contribution in [3.05, 3.63) is 22.7 Å². The van der Waals surface area contributed by atoms with Gasteiger partial charge in [-0.2, -0.15) is 0 Å². The molecule has 0 fully saturated rings. The molecule has 0 radical (unpaired) electrons. The maximum absolute atomic E-state index is 9.17. The van der Waals surface area contributed by atoms with Crippen LogP contribution in [0.25, 0.3) is 0 Å². The highest BCUT2D eigenvalue weighted by atomic mass is 35.5. The monoisotopic (exact) mass is 170 g/mol. The van der Waals surface area contributed by atoms with E-state index >= 15 is 0 Å². The highest BCUT2D eigenvalue weighted by molar-refractivity contribution is 6.32. The number of fused-ring (bicyclic) bond motifs is 1. The lowest BCUT2D eigenvalue weighted by Crippen LogP contribution is -1.85. The molecule has 2 rings (SSSR count). The highest BCUT2D eigenvalue weighted by Gasteiger charge is 2.14. The Morgan fingerprint density at radius 2 is 2.27 bits per heavy atom. The minimum absolute atomic E-state index is 0.0901. The van der Waals surface area contributed by atoms with Crippen LogP contribution in [0.3, 0.4) is 0 Å². The van der Waals surface area contributed by atoms with Crippen molar-refractivity contribution in [1.29, 1.82) is 0 Å². The van der Waals surface area contributed by atoms with E-state index < -0.39 is 0 Å². The molecule has 1 aromatic carbocycles. The fourth-order valence-corrected chi connectivity index (χ4v) is 1.37. The van der Waals surface area contributed by atoms with E-state index in [9.17, 15) is 5.11 Å². The van der Waals surface area contributed by atoms with Gasteiger partial charge in [-0.3, -0.25) is 0 Å². The SMILES string of the molecule is Oc1cc2c(cc1Cl)CCO2. The number of halogens is 1. The number of phenolic OH excluding ortho intramolecular Hbond substituents is 1. The molecule has 1 N–H and O–H groups in total. The third-order valence-electron chi connectivity index (χ3n) is 1.76. The van der Waals surface area contributed by atoms with E-state index in [0.717, 1.165) is 17.7 Å². The molecule has 58 valence electrons. The van der Waals surface area contributed by atoms with Crippen molar-refractivity contribution >= 4 is 11.6 Å². The van der Waals surface area contributed by atoms with Gasteiger partial charge in [0.2, 0.25) is 0 Å². The summed E-state index contributed by atoms with van der Waals surface area (Å²) in [6, 6.07) is 3.31. The minimum atomic E-state index is 0.0901. The van der Waals surface area contributed by atoms with Crippen molar-refractivity contribution in [2.45, 2.75) is 6.42 Å². The molecule has 3 heteroatoms. The molecule has 0 saturated carbocycles. The molecular weight excluding hydrogens is 164 g/mol. The first kappa shape index (κ1) is 6.80. The normalized spacial score (nSPS) is 14.3. The van der Waals surface area contributed by atoms with Crippen LogP contribution in [-0.4, -0.2) is 11.7 Å². The summed E-state index contributed by atoms with van der Waals surface area (Å²) in [5.74, 6) is 0.846. The van der Waals surface area contributed by atoms with Crippen LogP contribution in [0.5, 0.6) is 11.5 Å². The van der Waals surface area contributed by atoms with E-state index in [-0.39, 0.29) is 5.75 Å². The third-order valence-corrected chi connectivity index (χ3v) is 2.06. The van der Waals surface area contributed by atoms with Crippen LogP contribution in [-0.2, 0) is 6.42 Å². The van der Waals surface area contributed by atoms with Crippen molar-refractivity contribution in [3.8, 4) is 11.5 Å². The van der Waals surface area contributed by atoms with Gasteiger partial charge in [0.15, 0.2) is 0 Å². The predicted molar refractivity (Wildman–Crippen MR) is 42.3 cm³/mol. The molecule has 0 unspecified atom stereocenters. The van der Waals surface area contributed by atoms with Crippen LogP contribution in [0.4, 0.5) is 0 Å². The average molecular weight is 171 g/mol. The fraction of sp³-hybridized carbons (Fsp3) is 0.250. The number of benzene rings is 1. The standard InChI is InChI=1S/C8H7ClO2/c9-6-3-5-1-2-11-8(5)4-7(6)10/h3-4,10H,1-2H2. The lowest BCUT2D eigenvalue weighted by atomic mass is 10.2. The Kier molecular flexibility index (Phi) is 1.43. The van der Waals surface area contributed by atoms with Crippen molar-refractivity contribution in [1.82, 2.24) is 0 Å². The number of aromatic hydroxyl groups is 1. The van der Waals surface area contributed by atoms with Gasteiger partial charge in [0, 0.05) is 12.5 Å². The van der Waals surface area contributed by atoms with E-state index in [0.29, 0.717) is 11.6 Å². The summed E-state index contributed by atoms with van der Waals surface area (Å²) in [4.78, 5) is 0. The molecule has 0 bridgehead atoms. The summed E-state index contributed by atoms with van der Waals surface area (Å²) < 4.78 is 5.22. The quantitative estimate of drug-likeness (QED) is 0.645. The molecule has 0 saturated heterocycles. The van der Waals surface area contributed by atoms with Gasteiger partial charge in [-0.15, -0.1) is 0 Å². The zero-order valence-electron chi connectivity index (χ0n) is 5.80. The Hall–Kier alpha value is -0.890. The second-order valence-corrected chi connectivity index (χ2v) is 2.92. The molecule has 0 aliphatic carbocycles. The Labute approximate surface area is 69.4 Å². The average Bonchev–Trinajstić information content (AvgIpc) is 2.36. The van der Waals surface area contributed by atoms with Crippen LogP contribution in [0.2, 0.25) is 5.02 Å². The number of rotatable bonds is 0. The first-order chi connectivity index (χ1) is 5.27. The third kappa shape index (κ3) is 1.03. The Balaban J connectivity index is 2.57. The minimum Gasteiger partial charge on any atom is -0.506 e. The van der Waals surface area contributed by atoms with Crippen LogP contribution < -0.4 is 4.74 Å². The molecule has 0 amide bonds. The first-order valence-electron chi connectivity index (χ1n) is 3.41. The summed E-state index contributed by atoms with van der Waals surface area (Å²) in [5.41, 5.74) is 1.08. The van der Waals surface area contributed by atoms with Crippen molar-refractivity contribution in [3.63, 3.8) is 0 Å². The Morgan fingerprint density at radius 3 is 3.09 bits per heavy atom. The van der Waals surface area contributed by atoms with Crippen LogP contribution in [0.15, 0.2) is 12.1 Å². The number of hydrogen-bond acceptors (Lipinski definition) is 2. The largest absolute Gasteiger partial charge is 0.506 e. The van der Waals surface area contributed by atoms with Gasteiger partial charge in [0.1, 0.15) is 11.5 Å². The molecule has 0 atom stereocenters. The van der Waals surface area contributed by atoms with Crippen molar-refractivity contribution in [2.24, 2.45) is 0 Å². The number of phenols is 1. The van der Waals surface area contributed by atoms with Crippen LogP contribution in [0, 0.1) is 0 Å². The van der Waals surface area contributed by atoms with Gasteiger partial charge in [-0.1, -0.05) is 11.6 Å². The molecule has 1 aliphatic heterocycles. The molecule has 0 spiro atoms. The lowest BCUT2D eigenvalue weighted by molar-refractivity contribution is 0.354. The van der Waals surface area contributed by atoms with E-state index in [2.05, 4.69) is 0 Å². The Bertz CT molecular complexity index is 267. The van der Waals surface area contributed by atoms with Gasteiger partial charge in [-0.05, 0) is 11.6 Å². The van der Waals surface area contributed by atoms with Crippen LogP contribution in [0.1, 0.15) is 5.56 Å². The van der Waals surface area contributed by atoms with Crippen molar-refractivity contribution in [2.75, 3.05) is 6.61 Å². The van der Waals surface area contributed by atoms with E-state index in [4.69, 9.17) is 16.3 Å². The zero-order valence-corrected chi connectivity index (χ0v) is 6.56. The Morgan fingerprint density at radius 1 is 1.45 bits per heavy atom. The first-order valence-corrected chi connectivity index (χ1v) is 3.79. The predicted octanol–water partition coefficient (Wildman–Crippen LogP) is 1.98. The summed E-state index contributed by atoms with van der Waals surface area (Å²) in [6.07, 6.45) is 0.884. The molecule has 1 aliphatic rings. The van der Waals surface area contributed by atoms with E-state index in [1.165, 1.54) is 0 Å². The summed E-state index contributed by atoms with van der Waals surface area (Å²) in [6.45, 7) is 0.690. The maximum atomic E-state index is 9.17. The van der Waals surface area contributed by atoms with Gasteiger partial charge in [-0.25, -0.2) is 0 Å². The van der Waals surface area contributed by atoms with Crippen LogP contribution >= 0.6 is 11.6 Å². The van der Waals surface area contributed by atoms with E-state index in [1.54, 1.807) is 12.1 Å². The van der Waals surface area contributed by atoms with Gasteiger partial charge < -0.3 is 9.84 Å². The lowest BCUT2D eigenvalue weighted by Gasteiger charge is -2.00. The second kappa shape index (κ2) is 2.31. The number of ether oxygens (including phenoxy) is 1. The molecule has 0 aromatic heterocycles. The van der Waals surface area contributed by atoms with Crippen molar-refractivity contribution < 1.29 is 9.84 Å². The van der Waals surface area contributed by atoms with Gasteiger partial charge in [0.05, 0.1) is 11.6 Å². The fourth-order valence-electron chi connectivity index (χ4n) is 1.18. The smallest absolute Gasteiger partial charge is 0.137 e. The zero-order chi connectivity index (χ0) is 7.84. The van der Waals surface area contributed by atoms with E-state index in [1.807, 2.05) is 0 Å². The summed E-state index contributed by atoms with van der Waals surface area (Å²) >= 11 is 5.69. The molecule has 1 aromatic rings. The van der Waals surface area contributed by atoms with Gasteiger partial charge in [0.25, 0.3) is 0 Å². The summed E-state index contributed by atoms with van der Waals surface area (Å²) in [5, 5.41) is 9.57. The molecule has 1 heterocycles. The molecule has 11 heavy (non-hydrogen) atoms. The topological polar surface area (TPSA) is 29.5 Å². The van der Waals surface area contributed by atoms with Gasteiger partial charge >= 0.3 is 0 Å². The molecular formula is C8H7ClO2. The second-order valence-electron chi connectivity index (χ2n) is 2.51. The number of hydrogen-bond donors (Lipinski definition) is 1. The summed E-state index contributed by atoms with van der Waals surface area (Å²) in [7, 11) is 0. The highest BCUT2D eigenvalue weighted by Crippen LogP contribution is 2.34. The maximum Gasteiger partial charge on any atom is 0.137 e.